The molecule has 2 amide bonds. The van der Waals surface area contributed by atoms with Crippen LogP contribution in [0.15, 0.2) is 60.3 Å². The minimum Gasteiger partial charge on any atom is -0.496 e. The lowest BCUT2D eigenvalue weighted by Gasteiger charge is -2.37. The lowest BCUT2D eigenvalue weighted by molar-refractivity contribution is -0.120. The van der Waals surface area contributed by atoms with Gasteiger partial charge in [0, 0.05) is 18.7 Å². The Morgan fingerprint density at radius 1 is 0.862 bits per heavy atom. The summed E-state index contributed by atoms with van der Waals surface area (Å²) < 4.78 is 5.53. The van der Waals surface area contributed by atoms with Crippen molar-refractivity contribution in [2.45, 2.75) is 20.3 Å². The first-order chi connectivity index (χ1) is 14.0. The standard InChI is InChI=1S/C24H26N2O3/c1-16-13-17(2)15-25(14-16)22-21(19-11-7-8-12-20(19)29-3)23(27)26(24(22)28)18-9-5-4-6-10-18/h4-12,16-17H,13-15H2,1-3H3. The van der Waals surface area contributed by atoms with Crippen molar-refractivity contribution < 1.29 is 14.3 Å². The zero-order valence-corrected chi connectivity index (χ0v) is 17.1. The molecule has 0 saturated carbocycles. The number of ether oxygens (including phenoxy) is 1. The van der Waals surface area contributed by atoms with E-state index in [1.54, 1.807) is 19.2 Å². The molecule has 0 aliphatic carbocycles. The van der Waals surface area contributed by atoms with Crippen molar-refractivity contribution in [1.29, 1.82) is 0 Å². The van der Waals surface area contributed by atoms with Gasteiger partial charge in [-0.2, -0.15) is 0 Å². The SMILES string of the molecule is COc1ccccc1C1=C(N2CC(C)CC(C)C2)C(=O)N(c2ccccc2)C1=O. The molecule has 1 fully saturated rings. The topological polar surface area (TPSA) is 49.9 Å². The summed E-state index contributed by atoms with van der Waals surface area (Å²) in [6.45, 7) is 5.92. The molecule has 1 saturated heterocycles. The van der Waals surface area contributed by atoms with E-state index in [2.05, 4.69) is 18.7 Å². The molecule has 2 heterocycles. The highest BCUT2D eigenvalue weighted by molar-refractivity contribution is 6.45. The number of imide groups is 1. The van der Waals surface area contributed by atoms with Crippen molar-refractivity contribution in [3.05, 3.63) is 65.9 Å². The Morgan fingerprint density at radius 2 is 1.48 bits per heavy atom. The first-order valence-electron chi connectivity index (χ1n) is 10.1. The van der Waals surface area contributed by atoms with Crippen LogP contribution in [0.2, 0.25) is 0 Å². The Bertz CT molecular complexity index is 957. The molecule has 2 aliphatic rings. The number of para-hydroxylation sites is 2. The maximum absolute atomic E-state index is 13.6. The largest absolute Gasteiger partial charge is 0.496 e. The second kappa shape index (κ2) is 7.74. The van der Waals surface area contributed by atoms with Gasteiger partial charge in [0.1, 0.15) is 11.4 Å². The van der Waals surface area contributed by atoms with Crippen molar-refractivity contribution in [3.63, 3.8) is 0 Å². The summed E-state index contributed by atoms with van der Waals surface area (Å²) in [6.07, 6.45) is 1.12. The number of likely N-dealkylation sites (tertiary alicyclic amines) is 1. The van der Waals surface area contributed by atoms with E-state index in [4.69, 9.17) is 4.74 Å². The smallest absolute Gasteiger partial charge is 0.282 e. The minimum atomic E-state index is -0.299. The van der Waals surface area contributed by atoms with Crippen LogP contribution in [-0.2, 0) is 9.59 Å². The van der Waals surface area contributed by atoms with Crippen molar-refractivity contribution in [2.75, 3.05) is 25.1 Å². The summed E-state index contributed by atoms with van der Waals surface area (Å²) in [5.74, 6) is 0.946. The molecular formula is C24H26N2O3. The number of amides is 2. The van der Waals surface area contributed by atoms with Crippen LogP contribution in [0.25, 0.3) is 5.57 Å². The summed E-state index contributed by atoms with van der Waals surface area (Å²) in [4.78, 5) is 30.5. The van der Waals surface area contributed by atoms with Gasteiger partial charge in [0.25, 0.3) is 11.8 Å². The molecular weight excluding hydrogens is 364 g/mol. The fourth-order valence-electron chi connectivity index (χ4n) is 4.56. The van der Waals surface area contributed by atoms with Crippen molar-refractivity contribution >= 4 is 23.1 Å². The molecule has 0 aromatic heterocycles. The summed E-state index contributed by atoms with van der Waals surface area (Å²) in [6, 6.07) is 16.5. The van der Waals surface area contributed by atoms with Gasteiger partial charge in [-0.25, -0.2) is 4.90 Å². The second-order valence-electron chi connectivity index (χ2n) is 8.06. The van der Waals surface area contributed by atoms with Crippen LogP contribution in [0.1, 0.15) is 25.8 Å². The van der Waals surface area contributed by atoms with Crippen LogP contribution in [0, 0.1) is 11.8 Å². The number of benzene rings is 2. The zero-order valence-electron chi connectivity index (χ0n) is 17.1. The molecule has 5 heteroatoms. The third kappa shape index (κ3) is 3.41. The molecule has 4 rings (SSSR count). The van der Waals surface area contributed by atoms with E-state index in [1.165, 1.54) is 4.90 Å². The lowest BCUT2D eigenvalue weighted by atomic mass is 9.91. The van der Waals surface area contributed by atoms with E-state index in [-0.39, 0.29) is 11.8 Å². The highest BCUT2D eigenvalue weighted by Crippen LogP contribution is 2.39. The molecule has 0 radical (unpaired) electrons. The number of nitrogens with zero attached hydrogens (tertiary/aromatic N) is 2. The van der Waals surface area contributed by atoms with E-state index < -0.39 is 0 Å². The predicted octanol–water partition coefficient (Wildman–Crippen LogP) is 3.96. The fraction of sp³-hybridized carbons (Fsp3) is 0.333. The van der Waals surface area contributed by atoms with Gasteiger partial charge in [0.15, 0.2) is 0 Å². The zero-order chi connectivity index (χ0) is 20.5. The number of carbonyl (C=O) groups excluding carboxylic acids is 2. The first-order valence-corrected chi connectivity index (χ1v) is 10.1. The van der Waals surface area contributed by atoms with E-state index in [0.29, 0.717) is 40.1 Å². The molecule has 2 atom stereocenters. The maximum Gasteiger partial charge on any atom is 0.282 e. The normalized spacial score (nSPS) is 22.4. The maximum atomic E-state index is 13.6. The van der Waals surface area contributed by atoms with Gasteiger partial charge in [-0.05, 0) is 36.5 Å². The van der Waals surface area contributed by atoms with Gasteiger partial charge in [0.05, 0.1) is 18.4 Å². The minimum absolute atomic E-state index is 0.261. The highest BCUT2D eigenvalue weighted by atomic mass is 16.5. The van der Waals surface area contributed by atoms with Gasteiger partial charge in [-0.15, -0.1) is 0 Å². The Balaban J connectivity index is 1.88. The molecule has 2 aliphatic heterocycles. The van der Waals surface area contributed by atoms with Crippen molar-refractivity contribution in [1.82, 2.24) is 4.90 Å². The van der Waals surface area contributed by atoms with E-state index in [0.717, 1.165) is 19.5 Å². The van der Waals surface area contributed by atoms with Crippen LogP contribution in [0.3, 0.4) is 0 Å². The monoisotopic (exact) mass is 390 g/mol. The predicted molar refractivity (Wildman–Crippen MR) is 113 cm³/mol. The second-order valence-corrected chi connectivity index (χ2v) is 8.06. The van der Waals surface area contributed by atoms with Gasteiger partial charge < -0.3 is 9.64 Å². The number of methoxy groups -OCH3 is 1. The lowest BCUT2D eigenvalue weighted by Crippen LogP contribution is -2.42. The summed E-state index contributed by atoms with van der Waals surface area (Å²) in [7, 11) is 1.58. The molecule has 0 N–H and O–H groups in total. The van der Waals surface area contributed by atoms with E-state index in [9.17, 15) is 9.59 Å². The van der Waals surface area contributed by atoms with Crippen molar-refractivity contribution in [2.24, 2.45) is 11.8 Å². The highest BCUT2D eigenvalue weighted by Gasteiger charge is 2.44. The van der Waals surface area contributed by atoms with Crippen LogP contribution in [0.5, 0.6) is 5.75 Å². The van der Waals surface area contributed by atoms with Crippen LogP contribution in [-0.4, -0.2) is 36.9 Å². The van der Waals surface area contributed by atoms with Crippen LogP contribution in [0.4, 0.5) is 5.69 Å². The number of hydrogen-bond acceptors (Lipinski definition) is 4. The third-order valence-electron chi connectivity index (χ3n) is 5.64. The van der Waals surface area contributed by atoms with Crippen molar-refractivity contribution in [3.8, 4) is 5.75 Å². The molecule has 0 spiro atoms. The third-order valence-corrected chi connectivity index (χ3v) is 5.64. The summed E-state index contributed by atoms with van der Waals surface area (Å²) in [5, 5.41) is 0. The Morgan fingerprint density at radius 3 is 2.14 bits per heavy atom. The van der Waals surface area contributed by atoms with Gasteiger partial charge in [0.2, 0.25) is 0 Å². The number of rotatable bonds is 4. The van der Waals surface area contributed by atoms with Gasteiger partial charge >= 0.3 is 0 Å². The number of carbonyl (C=O) groups is 2. The molecule has 0 bridgehead atoms. The summed E-state index contributed by atoms with van der Waals surface area (Å²) >= 11 is 0. The van der Waals surface area contributed by atoms with E-state index in [1.807, 2.05) is 42.5 Å². The number of anilines is 1. The molecule has 150 valence electrons. The number of piperidine rings is 1. The molecule has 2 aromatic rings. The molecule has 5 nitrogen and oxygen atoms in total. The quantitative estimate of drug-likeness (QED) is 0.742. The average molecular weight is 390 g/mol. The fourth-order valence-corrected chi connectivity index (χ4v) is 4.56. The molecule has 2 aromatic carbocycles. The van der Waals surface area contributed by atoms with Gasteiger partial charge in [-0.1, -0.05) is 50.2 Å². The number of hydrogen-bond donors (Lipinski definition) is 0. The average Bonchev–Trinajstić information content (AvgIpc) is 2.98. The Labute approximate surface area is 171 Å². The molecule has 2 unspecified atom stereocenters. The Hall–Kier alpha value is -3.08. The molecule has 29 heavy (non-hydrogen) atoms. The summed E-state index contributed by atoms with van der Waals surface area (Å²) in [5.41, 5.74) is 2.16. The van der Waals surface area contributed by atoms with Crippen LogP contribution < -0.4 is 9.64 Å². The van der Waals surface area contributed by atoms with Gasteiger partial charge in [-0.3, -0.25) is 9.59 Å². The first kappa shape index (κ1) is 19.2. The van der Waals surface area contributed by atoms with Crippen LogP contribution >= 0.6 is 0 Å². The van der Waals surface area contributed by atoms with E-state index >= 15 is 0 Å². The Kier molecular flexibility index (Phi) is 5.14.